The molecule has 0 aliphatic heterocycles. The Morgan fingerprint density at radius 2 is 1.57 bits per heavy atom. The molecule has 0 aliphatic rings. The summed E-state index contributed by atoms with van der Waals surface area (Å²) in [7, 11) is 0. The quantitative estimate of drug-likeness (QED) is 0.667. The van der Waals surface area contributed by atoms with Crippen LogP contribution in [0.4, 0.5) is 0 Å². The molecule has 5 nitrogen and oxygen atoms in total. The predicted molar refractivity (Wildman–Crippen MR) is 88.1 cm³/mol. The summed E-state index contributed by atoms with van der Waals surface area (Å²) < 4.78 is 6.57. The second kappa shape index (κ2) is 6.40. The number of esters is 1. The van der Waals surface area contributed by atoms with Gasteiger partial charge in [0.05, 0.1) is 5.69 Å². The fourth-order valence-electron chi connectivity index (χ4n) is 2.01. The van der Waals surface area contributed by atoms with Crippen molar-refractivity contribution >= 4 is 29.2 Å². The molecule has 1 aromatic heterocycles. The number of carbonyl (C=O) groups is 1. The summed E-state index contributed by atoms with van der Waals surface area (Å²) in [6, 6.07) is 14.2. The largest absolute Gasteiger partial charge is 0.390 e. The first-order valence-electron chi connectivity index (χ1n) is 6.70. The van der Waals surface area contributed by atoms with E-state index in [4.69, 9.17) is 27.9 Å². The Kier molecular flexibility index (Phi) is 4.32. The molecule has 3 aromatic rings. The molecule has 0 radical (unpaired) electrons. The fraction of sp³-hybridized carbons (Fsp3) is 0.0625. The molecule has 23 heavy (non-hydrogen) atoms. The van der Waals surface area contributed by atoms with Crippen LogP contribution in [0.25, 0.3) is 17.1 Å². The highest BCUT2D eigenvalue weighted by molar-refractivity contribution is 6.30. The molecule has 116 valence electrons. The standard InChI is InChI=1S/C16H11Cl2N3O2/c1-10(22)23-16-19-15(11-2-4-12(17)5-3-11)21(20-16)14-8-6-13(18)7-9-14/h2-9H,1H3. The van der Waals surface area contributed by atoms with Gasteiger partial charge in [-0.25, -0.2) is 4.68 Å². The van der Waals surface area contributed by atoms with Crippen molar-refractivity contribution in [2.75, 3.05) is 0 Å². The van der Waals surface area contributed by atoms with Gasteiger partial charge in [0.15, 0.2) is 5.82 Å². The minimum absolute atomic E-state index is 0.0163. The van der Waals surface area contributed by atoms with E-state index in [9.17, 15) is 4.79 Å². The van der Waals surface area contributed by atoms with E-state index in [2.05, 4.69) is 10.1 Å². The summed E-state index contributed by atoms with van der Waals surface area (Å²) in [4.78, 5) is 15.4. The van der Waals surface area contributed by atoms with E-state index in [0.29, 0.717) is 15.9 Å². The van der Waals surface area contributed by atoms with E-state index >= 15 is 0 Å². The maximum atomic E-state index is 11.1. The van der Waals surface area contributed by atoms with Crippen LogP contribution in [0.2, 0.25) is 10.0 Å². The molecule has 1 heterocycles. The summed E-state index contributed by atoms with van der Waals surface area (Å²) in [5.41, 5.74) is 1.53. The second-order valence-electron chi connectivity index (χ2n) is 4.71. The molecule has 0 bridgehead atoms. The Hall–Kier alpha value is -2.37. The SMILES string of the molecule is CC(=O)Oc1nc(-c2ccc(Cl)cc2)n(-c2ccc(Cl)cc2)n1. The number of nitrogens with zero attached hydrogens (tertiary/aromatic N) is 3. The summed E-state index contributed by atoms with van der Waals surface area (Å²) in [6.45, 7) is 1.30. The molecule has 0 aliphatic carbocycles. The van der Waals surface area contributed by atoms with Gasteiger partial charge in [-0.2, -0.15) is 4.98 Å². The topological polar surface area (TPSA) is 57.0 Å². The third-order valence-corrected chi connectivity index (χ3v) is 3.50. The van der Waals surface area contributed by atoms with Crippen LogP contribution >= 0.6 is 23.2 Å². The first-order valence-corrected chi connectivity index (χ1v) is 7.46. The summed E-state index contributed by atoms with van der Waals surface area (Å²) in [5, 5.41) is 5.47. The van der Waals surface area contributed by atoms with Crippen LogP contribution in [0.1, 0.15) is 6.92 Å². The van der Waals surface area contributed by atoms with Gasteiger partial charge in [-0.15, -0.1) is 5.10 Å². The minimum Gasteiger partial charge on any atom is -0.390 e. The number of hydrogen-bond acceptors (Lipinski definition) is 4. The Bertz CT molecular complexity index is 780. The van der Waals surface area contributed by atoms with Crippen molar-refractivity contribution in [2.24, 2.45) is 0 Å². The molecular weight excluding hydrogens is 337 g/mol. The summed E-state index contributed by atoms with van der Waals surface area (Å²) in [5.74, 6) is 0.0427. The van der Waals surface area contributed by atoms with E-state index in [1.165, 1.54) is 6.92 Å². The second-order valence-corrected chi connectivity index (χ2v) is 5.58. The average molecular weight is 348 g/mol. The van der Waals surface area contributed by atoms with Crippen molar-refractivity contribution < 1.29 is 9.53 Å². The number of ether oxygens (including phenoxy) is 1. The van der Waals surface area contributed by atoms with Gasteiger partial charge in [-0.05, 0) is 48.5 Å². The van der Waals surface area contributed by atoms with Crippen LogP contribution in [0, 0.1) is 0 Å². The van der Waals surface area contributed by atoms with Gasteiger partial charge in [0.2, 0.25) is 0 Å². The molecule has 0 saturated carbocycles. The number of hydrogen-bond donors (Lipinski definition) is 0. The van der Waals surface area contributed by atoms with Gasteiger partial charge in [-0.1, -0.05) is 23.2 Å². The lowest BCUT2D eigenvalue weighted by Crippen LogP contribution is -2.03. The number of carbonyl (C=O) groups excluding carboxylic acids is 1. The van der Waals surface area contributed by atoms with Crippen molar-refractivity contribution in [1.29, 1.82) is 0 Å². The van der Waals surface area contributed by atoms with Gasteiger partial charge in [-0.3, -0.25) is 4.79 Å². The van der Waals surface area contributed by atoms with Crippen LogP contribution in [0.5, 0.6) is 6.01 Å². The molecule has 2 aromatic carbocycles. The molecule has 0 unspecified atom stereocenters. The lowest BCUT2D eigenvalue weighted by molar-refractivity contribution is -0.132. The van der Waals surface area contributed by atoms with E-state index in [1.807, 2.05) is 12.1 Å². The van der Waals surface area contributed by atoms with E-state index in [1.54, 1.807) is 41.1 Å². The smallest absolute Gasteiger partial charge is 0.344 e. The number of halogens is 2. The van der Waals surface area contributed by atoms with Gasteiger partial charge < -0.3 is 4.74 Å². The van der Waals surface area contributed by atoms with Gasteiger partial charge in [0, 0.05) is 22.5 Å². The van der Waals surface area contributed by atoms with Crippen LogP contribution < -0.4 is 4.74 Å². The van der Waals surface area contributed by atoms with Crippen LogP contribution in [0.15, 0.2) is 48.5 Å². The average Bonchev–Trinajstić information content (AvgIpc) is 2.91. The van der Waals surface area contributed by atoms with Crippen molar-refractivity contribution in [3.63, 3.8) is 0 Å². The van der Waals surface area contributed by atoms with Crippen LogP contribution in [0.3, 0.4) is 0 Å². The van der Waals surface area contributed by atoms with Crippen molar-refractivity contribution in [3.8, 4) is 23.1 Å². The van der Waals surface area contributed by atoms with E-state index < -0.39 is 5.97 Å². The molecule has 3 rings (SSSR count). The molecule has 0 N–H and O–H groups in total. The van der Waals surface area contributed by atoms with Gasteiger partial charge in [0.25, 0.3) is 0 Å². The summed E-state index contributed by atoms with van der Waals surface area (Å²) >= 11 is 11.8. The van der Waals surface area contributed by atoms with Crippen molar-refractivity contribution in [2.45, 2.75) is 6.92 Å². The molecular formula is C16H11Cl2N3O2. The van der Waals surface area contributed by atoms with Crippen molar-refractivity contribution in [1.82, 2.24) is 14.8 Å². The zero-order chi connectivity index (χ0) is 16.4. The van der Waals surface area contributed by atoms with Crippen LogP contribution in [-0.4, -0.2) is 20.7 Å². The molecule has 7 heteroatoms. The number of aromatic nitrogens is 3. The molecule has 0 spiro atoms. The Morgan fingerprint density at radius 1 is 1.00 bits per heavy atom. The zero-order valence-electron chi connectivity index (χ0n) is 12.0. The van der Waals surface area contributed by atoms with Crippen molar-refractivity contribution in [3.05, 3.63) is 58.6 Å². The monoisotopic (exact) mass is 347 g/mol. The third-order valence-electron chi connectivity index (χ3n) is 3.00. The molecule has 0 fully saturated rings. The number of benzene rings is 2. The van der Waals surface area contributed by atoms with E-state index in [-0.39, 0.29) is 6.01 Å². The highest BCUT2D eigenvalue weighted by atomic mass is 35.5. The van der Waals surface area contributed by atoms with Crippen LogP contribution in [-0.2, 0) is 4.79 Å². The highest BCUT2D eigenvalue weighted by Gasteiger charge is 2.15. The maximum absolute atomic E-state index is 11.1. The lowest BCUT2D eigenvalue weighted by atomic mass is 10.2. The lowest BCUT2D eigenvalue weighted by Gasteiger charge is -2.05. The van der Waals surface area contributed by atoms with Gasteiger partial charge >= 0.3 is 12.0 Å². The Labute approximate surface area is 142 Å². The predicted octanol–water partition coefficient (Wildman–Crippen LogP) is 4.17. The Morgan fingerprint density at radius 3 is 2.13 bits per heavy atom. The zero-order valence-corrected chi connectivity index (χ0v) is 13.5. The maximum Gasteiger partial charge on any atom is 0.344 e. The molecule has 0 atom stereocenters. The van der Waals surface area contributed by atoms with Gasteiger partial charge in [0.1, 0.15) is 0 Å². The van der Waals surface area contributed by atoms with E-state index in [0.717, 1.165) is 11.3 Å². The first-order chi connectivity index (χ1) is 11.0. The minimum atomic E-state index is -0.485. The molecule has 0 amide bonds. The highest BCUT2D eigenvalue weighted by Crippen LogP contribution is 2.25. The summed E-state index contributed by atoms with van der Waals surface area (Å²) in [6.07, 6.45) is 0. The molecule has 0 saturated heterocycles. The normalized spacial score (nSPS) is 10.6. The number of rotatable bonds is 3. The Balaban J connectivity index is 2.12. The third kappa shape index (κ3) is 3.52. The fourth-order valence-corrected chi connectivity index (χ4v) is 2.27. The first kappa shape index (κ1) is 15.5.